The summed E-state index contributed by atoms with van der Waals surface area (Å²) in [4.78, 5) is 0. The van der Waals surface area contributed by atoms with Crippen LogP contribution in [0.5, 0.6) is 0 Å². The second kappa shape index (κ2) is 5.27. The molecule has 2 aliphatic carbocycles. The minimum Gasteiger partial charge on any atom is -0.313 e. The van der Waals surface area contributed by atoms with Crippen LogP contribution in [0.1, 0.15) is 41.4 Å². The molecule has 0 spiro atoms. The molecule has 1 N–H and O–H groups in total. The van der Waals surface area contributed by atoms with Crippen LogP contribution in [0.3, 0.4) is 0 Å². The number of halogens is 1. The van der Waals surface area contributed by atoms with Crippen molar-refractivity contribution in [1.82, 2.24) is 5.32 Å². The summed E-state index contributed by atoms with van der Waals surface area (Å²) in [5.74, 6) is 1.03. The molecule has 1 atom stereocenters. The molecular formula is C19H20FN. The molecule has 2 aliphatic rings. The maximum Gasteiger partial charge on any atom is 0.126 e. The van der Waals surface area contributed by atoms with E-state index in [0.29, 0.717) is 17.9 Å². The van der Waals surface area contributed by atoms with Gasteiger partial charge in [-0.2, -0.15) is 0 Å². The zero-order valence-electron chi connectivity index (χ0n) is 12.1. The van der Waals surface area contributed by atoms with Crippen molar-refractivity contribution in [3.63, 3.8) is 0 Å². The van der Waals surface area contributed by atoms with Crippen molar-refractivity contribution in [2.75, 3.05) is 6.54 Å². The summed E-state index contributed by atoms with van der Waals surface area (Å²) in [5, 5.41) is 3.66. The van der Waals surface area contributed by atoms with Gasteiger partial charge in [0.1, 0.15) is 5.82 Å². The van der Waals surface area contributed by atoms with E-state index in [1.54, 1.807) is 12.1 Å². The molecule has 0 aliphatic heterocycles. The third-order valence-electron chi connectivity index (χ3n) is 5.10. The monoisotopic (exact) mass is 281 g/mol. The van der Waals surface area contributed by atoms with Crippen molar-refractivity contribution in [2.45, 2.75) is 37.1 Å². The van der Waals surface area contributed by atoms with E-state index in [4.69, 9.17) is 0 Å². The second-order valence-electron chi connectivity index (χ2n) is 6.39. The van der Waals surface area contributed by atoms with Crippen LogP contribution >= 0.6 is 0 Å². The molecule has 0 amide bonds. The smallest absolute Gasteiger partial charge is 0.126 e. The molecule has 1 saturated carbocycles. The van der Waals surface area contributed by atoms with Crippen molar-refractivity contribution in [1.29, 1.82) is 0 Å². The first-order chi connectivity index (χ1) is 10.3. The lowest BCUT2D eigenvalue weighted by molar-refractivity contribution is 0.278. The number of nitrogens with one attached hydrogen (secondary N) is 1. The van der Waals surface area contributed by atoms with Crippen LogP contribution in [0.2, 0.25) is 0 Å². The molecule has 0 radical (unpaired) electrons. The summed E-state index contributed by atoms with van der Waals surface area (Å²) in [7, 11) is 0. The number of rotatable bonds is 4. The highest BCUT2D eigenvalue weighted by molar-refractivity contribution is 5.40. The summed E-state index contributed by atoms with van der Waals surface area (Å²) >= 11 is 0. The van der Waals surface area contributed by atoms with E-state index in [9.17, 15) is 4.39 Å². The first kappa shape index (κ1) is 13.0. The van der Waals surface area contributed by atoms with Gasteiger partial charge in [-0.3, -0.25) is 0 Å². The summed E-state index contributed by atoms with van der Waals surface area (Å²) in [5.41, 5.74) is 3.90. The molecule has 2 heteroatoms. The molecule has 2 aromatic rings. The summed E-state index contributed by atoms with van der Waals surface area (Å²) in [6, 6.07) is 16.5. The van der Waals surface area contributed by atoms with Gasteiger partial charge in [0.2, 0.25) is 0 Å². The van der Waals surface area contributed by atoms with E-state index < -0.39 is 0 Å². The van der Waals surface area contributed by atoms with Gasteiger partial charge in [-0.15, -0.1) is 0 Å². The standard InChI is InChI=1S/C19H20FN/c20-19-8-4-3-7-18(19)14-10-16(11-14)21-12-15-9-13-5-1-2-6-17(13)15/h1-8,14-16,21H,9-12H2. The maximum atomic E-state index is 13.7. The molecule has 0 saturated heterocycles. The number of fused-ring (bicyclic) bond motifs is 1. The van der Waals surface area contributed by atoms with Crippen LogP contribution in [-0.2, 0) is 6.42 Å². The van der Waals surface area contributed by atoms with Gasteiger partial charge in [-0.1, -0.05) is 42.5 Å². The van der Waals surface area contributed by atoms with E-state index in [2.05, 4.69) is 29.6 Å². The van der Waals surface area contributed by atoms with Crippen LogP contribution in [0.25, 0.3) is 0 Å². The van der Waals surface area contributed by atoms with Gasteiger partial charge < -0.3 is 5.32 Å². The van der Waals surface area contributed by atoms with E-state index in [1.165, 1.54) is 17.5 Å². The molecule has 21 heavy (non-hydrogen) atoms. The highest BCUT2D eigenvalue weighted by Crippen LogP contribution is 2.39. The first-order valence-electron chi connectivity index (χ1n) is 7.87. The molecule has 108 valence electrons. The molecule has 0 bridgehead atoms. The molecule has 0 heterocycles. The third kappa shape index (κ3) is 2.38. The Hall–Kier alpha value is -1.67. The lowest BCUT2D eigenvalue weighted by Gasteiger charge is -2.39. The maximum absolute atomic E-state index is 13.7. The molecule has 1 nitrogen and oxygen atoms in total. The Morgan fingerprint density at radius 2 is 1.67 bits per heavy atom. The van der Waals surface area contributed by atoms with Gasteiger partial charge in [0.05, 0.1) is 0 Å². The van der Waals surface area contributed by atoms with Gasteiger partial charge in [-0.25, -0.2) is 4.39 Å². The average Bonchev–Trinajstić information content (AvgIpc) is 2.43. The average molecular weight is 281 g/mol. The van der Waals surface area contributed by atoms with Gasteiger partial charge in [0, 0.05) is 18.5 Å². The second-order valence-corrected chi connectivity index (χ2v) is 6.39. The SMILES string of the molecule is Fc1ccccc1C1CC(NCC2Cc3ccccc32)C1. The van der Waals surface area contributed by atoms with Crippen LogP contribution in [0, 0.1) is 5.82 Å². The first-order valence-corrected chi connectivity index (χ1v) is 7.87. The molecule has 1 unspecified atom stereocenters. The Balaban J connectivity index is 1.28. The summed E-state index contributed by atoms with van der Waals surface area (Å²) < 4.78 is 13.7. The summed E-state index contributed by atoms with van der Waals surface area (Å²) in [6.07, 6.45) is 3.33. The van der Waals surface area contributed by atoms with Crippen LogP contribution in [0.4, 0.5) is 4.39 Å². The summed E-state index contributed by atoms with van der Waals surface area (Å²) in [6.45, 7) is 1.06. The van der Waals surface area contributed by atoms with E-state index in [0.717, 1.165) is 24.9 Å². The van der Waals surface area contributed by atoms with Crippen LogP contribution < -0.4 is 5.32 Å². The molecule has 2 aromatic carbocycles. The van der Waals surface area contributed by atoms with Crippen molar-refractivity contribution >= 4 is 0 Å². The van der Waals surface area contributed by atoms with Gasteiger partial charge in [0.25, 0.3) is 0 Å². The lowest BCUT2D eigenvalue weighted by atomic mass is 9.74. The fourth-order valence-corrected chi connectivity index (χ4v) is 3.70. The van der Waals surface area contributed by atoms with E-state index >= 15 is 0 Å². The third-order valence-corrected chi connectivity index (χ3v) is 5.10. The van der Waals surface area contributed by atoms with E-state index in [-0.39, 0.29) is 5.82 Å². The quantitative estimate of drug-likeness (QED) is 0.893. The van der Waals surface area contributed by atoms with Crippen molar-refractivity contribution in [3.8, 4) is 0 Å². The van der Waals surface area contributed by atoms with E-state index in [1.807, 2.05) is 12.1 Å². The van der Waals surface area contributed by atoms with Crippen LogP contribution in [-0.4, -0.2) is 12.6 Å². The van der Waals surface area contributed by atoms with Gasteiger partial charge >= 0.3 is 0 Å². The highest BCUT2D eigenvalue weighted by Gasteiger charge is 2.33. The topological polar surface area (TPSA) is 12.0 Å². The number of hydrogen-bond acceptors (Lipinski definition) is 1. The van der Waals surface area contributed by atoms with Crippen LogP contribution in [0.15, 0.2) is 48.5 Å². The minimum absolute atomic E-state index is 0.0473. The van der Waals surface area contributed by atoms with Gasteiger partial charge in [0.15, 0.2) is 0 Å². The van der Waals surface area contributed by atoms with Crippen molar-refractivity contribution < 1.29 is 4.39 Å². The Bertz CT molecular complexity index is 646. The molecular weight excluding hydrogens is 261 g/mol. The zero-order valence-corrected chi connectivity index (χ0v) is 12.1. The van der Waals surface area contributed by atoms with Crippen molar-refractivity contribution in [2.24, 2.45) is 0 Å². The Kier molecular flexibility index (Phi) is 3.27. The number of hydrogen-bond donors (Lipinski definition) is 1. The highest BCUT2D eigenvalue weighted by atomic mass is 19.1. The normalized spacial score (nSPS) is 26.6. The Morgan fingerprint density at radius 3 is 2.43 bits per heavy atom. The fraction of sp³-hybridized carbons (Fsp3) is 0.368. The molecule has 1 fully saturated rings. The lowest BCUT2D eigenvalue weighted by Crippen LogP contribution is -2.43. The fourth-order valence-electron chi connectivity index (χ4n) is 3.70. The zero-order chi connectivity index (χ0) is 14.2. The van der Waals surface area contributed by atoms with Gasteiger partial charge in [-0.05, 0) is 47.9 Å². The minimum atomic E-state index is -0.0473. The largest absolute Gasteiger partial charge is 0.313 e. The van der Waals surface area contributed by atoms with Crippen molar-refractivity contribution in [3.05, 3.63) is 71.0 Å². The Morgan fingerprint density at radius 1 is 0.952 bits per heavy atom. The predicted molar refractivity (Wildman–Crippen MR) is 83.1 cm³/mol. The molecule has 4 rings (SSSR count). The number of benzene rings is 2. The predicted octanol–water partition coefficient (Wildman–Crippen LogP) is 4.00. The molecule has 0 aromatic heterocycles. The Labute approximate surface area is 125 Å².